The van der Waals surface area contributed by atoms with E-state index >= 15 is 0 Å². The molecule has 2 aromatic heterocycles. The third-order valence-corrected chi connectivity index (χ3v) is 5.29. The third kappa shape index (κ3) is 5.10. The first-order chi connectivity index (χ1) is 15.1. The first-order valence-corrected chi connectivity index (χ1v) is 10.1. The number of aliphatic hydroxyl groups excluding tert-OH is 1. The zero-order valence-electron chi connectivity index (χ0n) is 16.8. The van der Waals surface area contributed by atoms with Gasteiger partial charge in [-0.3, -0.25) is 0 Å². The van der Waals surface area contributed by atoms with Gasteiger partial charge in [0.05, 0.1) is 18.0 Å². The van der Waals surface area contributed by atoms with E-state index in [2.05, 4.69) is 36.6 Å². The van der Waals surface area contributed by atoms with Crippen molar-refractivity contribution >= 4 is 11.8 Å². The Morgan fingerprint density at radius 2 is 1.87 bits per heavy atom. The van der Waals surface area contributed by atoms with Crippen molar-refractivity contribution in [3.8, 4) is 17.3 Å². The standard InChI is InChI=1S/C22H22FN7O/c23-17-3-1-14(2-4-17)20-16(10-25-13-28-20)12-27-22-26-11-15(9-24)21(30-22)29-18-5-7-19(31)8-6-18/h1-4,10-11,13,18-19,31H,5-8,12H2,(H2,26,27,29,30). The lowest BCUT2D eigenvalue weighted by Crippen LogP contribution is -2.29. The Morgan fingerprint density at radius 1 is 1.10 bits per heavy atom. The van der Waals surface area contributed by atoms with Crippen molar-refractivity contribution in [3.63, 3.8) is 0 Å². The summed E-state index contributed by atoms with van der Waals surface area (Å²) in [4.78, 5) is 17.1. The molecule has 0 saturated heterocycles. The van der Waals surface area contributed by atoms with Crippen LogP contribution in [0, 0.1) is 17.1 Å². The van der Waals surface area contributed by atoms with Crippen LogP contribution < -0.4 is 10.6 Å². The van der Waals surface area contributed by atoms with E-state index in [1.165, 1.54) is 24.7 Å². The summed E-state index contributed by atoms with van der Waals surface area (Å²) in [5.74, 6) is 0.534. The Labute approximate surface area is 179 Å². The van der Waals surface area contributed by atoms with Gasteiger partial charge < -0.3 is 15.7 Å². The van der Waals surface area contributed by atoms with Crippen molar-refractivity contribution in [2.45, 2.75) is 44.4 Å². The van der Waals surface area contributed by atoms with E-state index in [0.29, 0.717) is 29.6 Å². The van der Waals surface area contributed by atoms with Crippen LogP contribution in [-0.2, 0) is 6.54 Å². The fourth-order valence-electron chi connectivity index (χ4n) is 3.60. The molecule has 8 nitrogen and oxygen atoms in total. The predicted octanol–water partition coefficient (Wildman–Crippen LogP) is 3.27. The number of rotatable bonds is 6. The summed E-state index contributed by atoms with van der Waals surface area (Å²) in [6, 6.07) is 8.39. The number of nitrogens with zero attached hydrogens (tertiary/aromatic N) is 5. The molecule has 4 rings (SSSR count). The normalized spacial score (nSPS) is 18.2. The summed E-state index contributed by atoms with van der Waals surface area (Å²) >= 11 is 0. The van der Waals surface area contributed by atoms with Crippen LogP contribution in [0.15, 0.2) is 43.0 Å². The minimum Gasteiger partial charge on any atom is -0.393 e. The SMILES string of the molecule is N#Cc1cnc(NCc2cncnc2-c2ccc(F)cc2)nc1NC1CCC(O)CC1. The van der Waals surface area contributed by atoms with Crippen molar-refractivity contribution in [1.29, 1.82) is 5.26 Å². The number of anilines is 2. The van der Waals surface area contributed by atoms with Crippen molar-refractivity contribution in [3.05, 3.63) is 59.9 Å². The molecule has 9 heteroatoms. The molecular weight excluding hydrogens is 397 g/mol. The maximum absolute atomic E-state index is 13.3. The van der Waals surface area contributed by atoms with E-state index in [-0.39, 0.29) is 18.0 Å². The smallest absolute Gasteiger partial charge is 0.224 e. The predicted molar refractivity (Wildman–Crippen MR) is 113 cm³/mol. The quantitative estimate of drug-likeness (QED) is 0.557. The molecule has 0 radical (unpaired) electrons. The summed E-state index contributed by atoms with van der Waals surface area (Å²) < 4.78 is 13.3. The van der Waals surface area contributed by atoms with E-state index in [1.807, 2.05) is 0 Å². The summed E-state index contributed by atoms with van der Waals surface area (Å²) in [7, 11) is 0. The maximum atomic E-state index is 13.3. The van der Waals surface area contributed by atoms with Gasteiger partial charge in [0.15, 0.2) is 0 Å². The van der Waals surface area contributed by atoms with Gasteiger partial charge in [0.1, 0.15) is 29.6 Å². The van der Waals surface area contributed by atoms with Crippen molar-refractivity contribution in [2.75, 3.05) is 10.6 Å². The Bertz CT molecular complexity index is 1080. The Morgan fingerprint density at radius 3 is 2.61 bits per heavy atom. The largest absolute Gasteiger partial charge is 0.393 e. The van der Waals surface area contributed by atoms with Crippen LogP contribution in [0.3, 0.4) is 0 Å². The fraction of sp³-hybridized carbons (Fsp3) is 0.318. The lowest BCUT2D eigenvalue weighted by molar-refractivity contribution is 0.126. The van der Waals surface area contributed by atoms with Gasteiger partial charge in [-0.05, 0) is 49.9 Å². The molecule has 31 heavy (non-hydrogen) atoms. The summed E-state index contributed by atoms with van der Waals surface area (Å²) in [6.07, 6.45) is 7.48. The minimum absolute atomic E-state index is 0.158. The third-order valence-electron chi connectivity index (χ3n) is 5.29. The second-order valence-electron chi connectivity index (χ2n) is 7.47. The number of hydrogen-bond donors (Lipinski definition) is 3. The molecule has 0 bridgehead atoms. The summed E-state index contributed by atoms with van der Waals surface area (Å²) in [5, 5.41) is 25.6. The Hall–Kier alpha value is -3.64. The average molecular weight is 419 g/mol. The van der Waals surface area contributed by atoms with E-state index < -0.39 is 0 Å². The molecule has 3 N–H and O–H groups in total. The molecule has 3 aromatic rings. The topological polar surface area (TPSA) is 120 Å². The summed E-state index contributed by atoms with van der Waals surface area (Å²) in [6.45, 7) is 0.356. The highest BCUT2D eigenvalue weighted by Gasteiger charge is 2.21. The molecule has 2 heterocycles. The van der Waals surface area contributed by atoms with E-state index in [1.54, 1.807) is 18.3 Å². The zero-order valence-corrected chi connectivity index (χ0v) is 16.8. The highest BCUT2D eigenvalue weighted by molar-refractivity contribution is 5.63. The number of nitrogens with one attached hydrogen (secondary N) is 2. The second kappa shape index (κ2) is 9.45. The Kier molecular flexibility index (Phi) is 6.29. The summed E-state index contributed by atoms with van der Waals surface area (Å²) in [5.41, 5.74) is 2.64. The van der Waals surface area contributed by atoms with Crippen LogP contribution >= 0.6 is 0 Å². The molecule has 1 aliphatic rings. The van der Waals surface area contributed by atoms with Gasteiger partial charge in [0, 0.05) is 29.9 Å². The average Bonchev–Trinajstić information content (AvgIpc) is 2.80. The van der Waals surface area contributed by atoms with Gasteiger partial charge >= 0.3 is 0 Å². The highest BCUT2D eigenvalue weighted by Crippen LogP contribution is 2.24. The van der Waals surface area contributed by atoms with Gasteiger partial charge in [0.25, 0.3) is 0 Å². The van der Waals surface area contributed by atoms with Crippen LogP contribution in [0.25, 0.3) is 11.3 Å². The molecule has 0 aliphatic heterocycles. The van der Waals surface area contributed by atoms with Gasteiger partial charge in [-0.15, -0.1) is 0 Å². The van der Waals surface area contributed by atoms with Gasteiger partial charge in [0.2, 0.25) is 5.95 Å². The lowest BCUT2D eigenvalue weighted by atomic mass is 9.93. The highest BCUT2D eigenvalue weighted by atomic mass is 19.1. The van der Waals surface area contributed by atoms with Crippen molar-refractivity contribution in [2.24, 2.45) is 0 Å². The maximum Gasteiger partial charge on any atom is 0.224 e. The fourth-order valence-corrected chi connectivity index (χ4v) is 3.60. The van der Waals surface area contributed by atoms with E-state index in [9.17, 15) is 14.8 Å². The first kappa shape index (κ1) is 20.6. The number of nitriles is 1. The molecule has 1 saturated carbocycles. The molecule has 0 amide bonds. The Balaban J connectivity index is 1.49. The molecule has 0 atom stereocenters. The van der Waals surface area contributed by atoms with Gasteiger partial charge in [-0.1, -0.05) is 0 Å². The molecule has 0 unspecified atom stereocenters. The number of hydrogen-bond acceptors (Lipinski definition) is 8. The van der Waals surface area contributed by atoms with Gasteiger partial charge in [-0.2, -0.15) is 10.2 Å². The molecule has 1 aromatic carbocycles. The van der Waals surface area contributed by atoms with Crippen LogP contribution in [0.4, 0.5) is 16.2 Å². The van der Waals surface area contributed by atoms with Crippen LogP contribution in [0.5, 0.6) is 0 Å². The van der Waals surface area contributed by atoms with Crippen molar-refractivity contribution < 1.29 is 9.50 Å². The van der Waals surface area contributed by atoms with Crippen LogP contribution in [0.2, 0.25) is 0 Å². The molecular formula is C22H22FN7O. The van der Waals surface area contributed by atoms with E-state index in [4.69, 9.17) is 0 Å². The zero-order chi connectivity index (χ0) is 21.6. The first-order valence-electron chi connectivity index (χ1n) is 10.1. The van der Waals surface area contributed by atoms with Crippen LogP contribution in [0.1, 0.15) is 36.8 Å². The van der Waals surface area contributed by atoms with Crippen molar-refractivity contribution in [1.82, 2.24) is 19.9 Å². The molecule has 0 spiro atoms. The molecule has 1 aliphatic carbocycles. The molecule has 158 valence electrons. The number of aromatic nitrogens is 4. The lowest BCUT2D eigenvalue weighted by Gasteiger charge is -2.26. The second-order valence-corrected chi connectivity index (χ2v) is 7.47. The number of halogens is 1. The monoisotopic (exact) mass is 419 g/mol. The number of aliphatic hydroxyl groups is 1. The van der Waals surface area contributed by atoms with Gasteiger partial charge in [-0.25, -0.2) is 19.3 Å². The van der Waals surface area contributed by atoms with Crippen LogP contribution in [-0.4, -0.2) is 37.2 Å². The number of benzene rings is 1. The molecule has 1 fully saturated rings. The van der Waals surface area contributed by atoms with E-state index in [0.717, 1.165) is 36.8 Å². The minimum atomic E-state index is -0.309.